The van der Waals surface area contributed by atoms with Crippen LogP contribution in [0.15, 0.2) is 133 Å². The van der Waals surface area contributed by atoms with E-state index in [2.05, 4.69) is 105 Å². The molecular formula is C35H34O2. The summed E-state index contributed by atoms with van der Waals surface area (Å²) < 4.78 is 11.2. The predicted octanol–water partition coefficient (Wildman–Crippen LogP) is 8.71. The van der Waals surface area contributed by atoms with Gasteiger partial charge < -0.3 is 9.47 Å². The van der Waals surface area contributed by atoms with E-state index < -0.39 is 0 Å². The monoisotopic (exact) mass is 486 g/mol. The van der Waals surface area contributed by atoms with Crippen LogP contribution in [-0.2, 0) is 6.42 Å². The Morgan fingerprint density at radius 1 is 0.432 bits per heavy atom. The lowest BCUT2D eigenvalue weighted by molar-refractivity contribution is 0.217. The third-order valence-corrected chi connectivity index (χ3v) is 5.91. The van der Waals surface area contributed by atoms with E-state index in [-0.39, 0.29) is 0 Å². The van der Waals surface area contributed by atoms with E-state index in [0.717, 1.165) is 17.9 Å². The lowest BCUT2D eigenvalue weighted by Crippen LogP contribution is -2.09. The second-order valence-corrected chi connectivity index (χ2v) is 9.06. The van der Waals surface area contributed by atoms with Crippen molar-refractivity contribution >= 4 is 0 Å². The minimum absolute atomic E-state index is 0.553. The molecule has 37 heavy (non-hydrogen) atoms. The van der Waals surface area contributed by atoms with Gasteiger partial charge in [-0.15, -0.1) is 0 Å². The Morgan fingerprint density at radius 2 is 0.892 bits per heavy atom. The zero-order valence-corrected chi connectivity index (χ0v) is 21.6. The van der Waals surface area contributed by atoms with Crippen molar-refractivity contribution in [1.82, 2.24) is 0 Å². The highest BCUT2D eigenvalue weighted by molar-refractivity contribution is 5.63. The van der Waals surface area contributed by atoms with Crippen molar-refractivity contribution in [2.45, 2.75) is 20.3 Å². The highest BCUT2D eigenvalue weighted by Crippen LogP contribution is 2.20. The summed E-state index contributed by atoms with van der Waals surface area (Å²) in [6.07, 6.45) is 0.996. The molecule has 0 aliphatic carbocycles. The summed E-state index contributed by atoms with van der Waals surface area (Å²) in [5.41, 5.74) is 7.66. The summed E-state index contributed by atoms with van der Waals surface area (Å²) in [6, 6.07) is 46.0. The molecule has 0 aromatic heterocycles. The van der Waals surface area contributed by atoms with Crippen LogP contribution in [0.2, 0.25) is 0 Å². The Bertz CT molecular complexity index is 1300. The molecule has 2 nitrogen and oxygen atoms in total. The number of aryl methyl sites for hydroxylation is 2. The predicted molar refractivity (Wildman–Crippen MR) is 154 cm³/mol. The van der Waals surface area contributed by atoms with E-state index >= 15 is 0 Å². The lowest BCUT2D eigenvalue weighted by atomic mass is 10.0. The van der Waals surface area contributed by atoms with Gasteiger partial charge in [0.1, 0.15) is 24.7 Å². The Morgan fingerprint density at radius 3 is 1.41 bits per heavy atom. The summed E-state index contributed by atoms with van der Waals surface area (Å²) in [6.45, 7) is 5.21. The van der Waals surface area contributed by atoms with Crippen LogP contribution in [0.4, 0.5) is 0 Å². The first kappa shape index (κ1) is 25.8. The standard InChI is InChI=1S/C19H16.C16H18O2/c1-3-7-16(8-4-1)15-17-11-13-19(14-12-17)18-9-5-2-6-10-18;1-13-5-3-7-15(11-13)17-9-10-18-16-8-4-6-14(2)12-16/h1-14H,15H2;3-8,11-12H,9-10H2,1-2H3. The molecule has 0 heterocycles. The summed E-state index contributed by atoms with van der Waals surface area (Å²) in [5, 5.41) is 0. The van der Waals surface area contributed by atoms with Crippen molar-refractivity contribution in [2.24, 2.45) is 0 Å². The molecule has 0 aliphatic rings. The summed E-state index contributed by atoms with van der Waals surface area (Å²) in [5.74, 6) is 1.78. The van der Waals surface area contributed by atoms with Gasteiger partial charge in [0.2, 0.25) is 0 Å². The fraction of sp³-hybridized carbons (Fsp3) is 0.143. The van der Waals surface area contributed by atoms with Crippen LogP contribution in [-0.4, -0.2) is 13.2 Å². The first-order chi connectivity index (χ1) is 18.2. The minimum atomic E-state index is 0.553. The topological polar surface area (TPSA) is 18.5 Å². The van der Waals surface area contributed by atoms with E-state index in [1.54, 1.807) is 0 Å². The number of hydrogen-bond acceptors (Lipinski definition) is 2. The molecule has 5 rings (SSSR count). The number of rotatable bonds is 8. The van der Waals surface area contributed by atoms with Crippen LogP contribution < -0.4 is 9.47 Å². The van der Waals surface area contributed by atoms with Crippen molar-refractivity contribution < 1.29 is 9.47 Å². The summed E-state index contributed by atoms with van der Waals surface area (Å²) >= 11 is 0. The highest BCUT2D eigenvalue weighted by Gasteiger charge is 1.99. The minimum Gasteiger partial charge on any atom is -0.490 e. The second-order valence-electron chi connectivity index (χ2n) is 9.06. The van der Waals surface area contributed by atoms with Gasteiger partial charge in [-0.05, 0) is 77.9 Å². The van der Waals surface area contributed by atoms with Crippen LogP contribution >= 0.6 is 0 Å². The van der Waals surface area contributed by atoms with E-state index in [0.29, 0.717) is 13.2 Å². The van der Waals surface area contributed by atoms with Gasteiger partial charge in [-0.1, -0.05) is 109 Å². The number of hydrogen-bond donors (Lipinski definition) is 0. The van der Waals surface area contributed by atoms with E-state index in [4.69, 9.17) is 9.47 Å². The molecule has 0 atom stereocenters. The molecule has 0 fully saturated rings. The Labute approximate surface area is 221 Å². The molecule has 0 bridgehead atoms. The van der Waals surface area contributed by atoms with Crippen LogP contribution in [0, 0.1) is 13.8 Å². The zero-order valence-electron chi connectivity index (χ0n) is 21.6. The average Bonchev–Trinajstić information content (AvgIpc) is 2.93. The molecule has 0 radical (unpaired) electrons. The fourth-order valence-electron chi connectivity index (χ4n) is 4.01. The van der Waals surface area contributed by atoms with Crippen LogP contribution in [0.1, 0.15) is 22.3 Å². The molecule has 186 valence electrons. The molecule has 0 aliphatic heterocycles. The third-order valence-electron chi connectivity index (χ3n) is 5.91. The first-order valence-electron chi connectivity index (χ1n) is 12.7. The number of benzene rings is 5. The van der Waals surface area contributed by atoms with Gasteiger partial charge in [0.15, 0.2) is 0 Å². The van der Waals surface area contributed by atoms with Crippen molar-refractivity contribution in [2.75, 3.05) is 13.2 Å². The third kappa shape index (κ3) is 8.70. The Balaban J connectivity index is 0.000000173. The van der Waals surface area contributed by atoms with Gasteiger partial charge in [0.25, 0.3) is 0 Å². The van der Waals surface area contributed by atoms with E-state index in [9.17, 15) is 0 Å². The number of ether oxygens (including phenoxy) is 2. The molecular weight excluding hydrogens is 452 g/mol. The molecule has 0 unspecified atom stereocenters. The summed E-state index contributed by atoms with van der Waals surface area (Å²) in [7, 11) is 0. The quantitative estimate of drug-likeness (QED) is 0.204. The second kappa shape index (κ2) is 13.7. The average molecular weight is 487 g/mol. The van der Waals surface area contributed by atoms with Crippen molar-refractivity contribution in [3.63, 3.8) is 0 Å². The molecule has 0 saturated carbocycles. The van der Waals surface area contributed by atoms with Gasteiger partial charge in [-0.2, -0.15) is 0 Å². The van der Waals surface area contributed by atoms with Crippen LogP contribution in [0.5, 0.6) is 11.5 Å². The molecule has 2 heteroatoms. The Hall–Kier alpha value is -4.30. The SMILES string of the molecule is Cc1cccc(OCCOc2cccc(C)c2)c1.c1ccc(Cc2ccc(-c3ccccc3)cc2)cc1. The van der Waals surface area contributed by atoms with Gasteiger partial charge in [-0.3, -0.25) is 0 Å². The largest absolute Gasteiger partial charge is 0.490 e. The van der Waals surface area contributed by atoms with E-state index in [1.165, 1.54) is 33.4 Å². The van der Waals surface area contributed by atoms with Crippen molar-refractivity contribution in [3.8, 4) is 22.6 Å². The van der Waals surface area contributed by atoms with Gasteiger partial charge in [-0.25, -0.2) is 0 Å². The zero-order chi connectivity index (χ0) is 25.7. The fourth-order valence-corrected chi connectivity index (χ4v) is 4.01. The molecule has 0 saturated heterocycles. The first-order valence-corrected chi connectivity index (χ1v) is 12.7. The maximum atomic E-state index is 5.61. The van der Waals surface area contributed by atoms with Crippen molar-refractivity contribution in [3.05, 3.63) is 156 Å². The molecule has 5 aromatic rings. The summed E-state index contributed by atoms with van der Waals surface area (Å²) in [4.78, 5) is 0. The van der Waals surface area contributed by atoms with Crippen LogP contribution in [0.3, 0.4) is 0 Å². The maximum Gasteiger partial charge on any atom is 0.122 e. The molecule has 0 spiro atoms. The lowest BCUT2D eigenvalue weighted by Gasteiger charge is -2.09. The highest BCUT2D eigenvalue weighted by atomic mass is 16.5. The van der Waals surface area contributed by atoms with Gasteiger partial charge in [0, 0.05) is 0 Å². The molecule has 0 N–H and O–H groups in total. The Kier molecular flexibility index (Phi) is 9.55. The molecule has 0 amide bonds. The maximum absolute atomic E-state index is 5.61. The van der Waals surface area contributed by atoms with Crippen LogP contribution in [0.25, 0.3) is 11.1 Å². The molecule has 5 aromatic carbocycles. The van der Waals surface area contributed by atoms with Gasteiger partial charge in [0.05, 0.1) is 0 Å². The smallest absolute Gasteiger partial charge is 0.122 e. The van der Waals surface area contributed by atoms with E-state index in [1.807, 2.05) is 42.5 Å². The van der Waals surface area contributed by atoms with Gasteiger partial charge >= 0.3 is 0 Å². The normalized spacial score (nSPS) is 10.2. The van der Waals surface area contributed by atoms with Crippen molar-refractivity contribution in [1.29, 1.82) is 0 Å².